The number of rotatable bonds is 6. The van der Waals surface area contributed by atoms with Gasteiger partial charge in [0.1, 0.15) is 11.0 Å². The first-order chi connectivity index (χ1) is 16.1. The van der Waals surface area contributed by atoms with Gasteiger partial charge in [0.2, 0.25) is 12.7 Å². The average molecular weight is 492 g/mol. The number of hydrogen-bond acceptors (Lipinski definition) is 9. The van der Waals surface area contributed by atoms with E-state index in [0.717, 1.165) is 50.0 Å². The summed E-state index contributed by atoms with van der Waals surface area (Å²) in [6, 6.07) is 7.82. The number of anilines is 1. The molecule has 1 amide bonds. The summed E-state index contributed by atoms with van der Waals surface area (Å²) in [5.41, 5.74) is 1.18. The number of amides is 1. The molecule has 33 heavy (non-hydrogen) atoms. The lowest BCUT2D eigenvalue weighted by molar-refractivity contribution is -0.130. The molecular weight excluding hydrogens is 466 g/mol. The van der Waals surface area contributed by atoms with E-state index in [2.05, 4.69) is 25.8 Å². The summed E-state index contributed by atoms with van der Waals surface area (Å²) in [4.78, 5) is 28.1. The second-order valence-corrected chi connectivity index (χ2v) is 9.39. The fraction of sp³-hybridized carbons (Fsp3) is 0.500. The van der Waals surface area contributed by atoms with Gasteiger partial charge in [0.15, 0.2) is 16.7 Å². The minimum atomic E-state index is 0.0965. The molecule has 1 aromatic carbocycles. The molecule has 9 nitrogen and oxygen atoms in total. The maximum atomic E-state index is 12.8. The van der Waals surface area contributed by atoms with Gasteiger partial charge >= 0.3 is 0 Å². The Morgan fingerprint density at radius 3 is 2.61 bits per heavy atom. The summed E-state index contributed by atoms with van der Waals surface area (Å²) in [6.07, 6.45) is 0. The van der Waals surface area contributed by atoms with Crippen molar-refractivity contribution in [2.24, 2.45) is 0 Å². The normalized spacial score (nSPS) is 18.6. The predicted molar refractivity (Wildman–Crippen MR) is 125 cm³/mol. The van der Waals surface area contributed by atoms with Crippen LogP contribution in [0.25, 0.3) is 0 Å². The summed E-state index contributed by atoms with van der Waals surface area (Å²) in [7, 11) is 0. The van der Waals surface area contributed by atoms with Crippen LogP contribution in [-0.4, -0.2) is 90.7 Å². The summed E-state index contributed by atoms with van der Waals surface area (Å²) in [6.45, 7) is 7.07. The van der Waals surface area contributed by atoms with Crippen molar-refractivity contribution < 1.29 is 19.0 Å². The fourth-order valence-corrected chi connectivity index (χ4v) is 5.06. The van der Waals surface area contributed by atoms with E-state index in [1.165, 1.54) is 17.3 Å². The minimum Gasteiger partial charge on any atom is -0.454 e. The Hall–Kier alpha value is -2.27. The van der Waals surface area contributed by atoms with Crippen molar-refractivity contribution in [2.45, 2.75) is 11.7 Å². The van der Waals surface area contributed by atoms with E-state index in [9.17, 15) is 4.79 Å². The van der Waals surface area contributed by atoms with Gasteiger partial charge in [-0.3, -0.25) is 9.69 Å². The lowest BCUT2D eigenvalue weighted by Gasteiger charge is -2.34. The monoisotopic (exact) mass is 491 g/mol. The number of piperazine rings is 1. The Morgan fingerprint density at radius 1 is 1.00 bits per heavy atom. The van der Waals surface area contributed by atoms with E-state index < -0.39 is 0 Å². The quantitative estimate of drug-likeness (QED) is 0.343. The summed E-state index contributed by atoms with van der Waals surface area (Å²) in [5.74, 6) is 2.78. The van der Waals surface area contributed by atoms with E-state index in [1.54, 1.807) is 6.07 Å². The number of carbonyl (C=O) groups excluding carboxylic acids is 1. The Morgan fingerprint density at radius 2 is 1.79 bits per heavy atom. The van der Waals surface area contributed by atoms with E-state index in [4.69, 9.17) is 25.8 Å². The lowest BCUT2D eigenvalue weighted by atomic mass is 10.1. The number of fused-ring (bicyclic) bond motifs is 1. The molecule has 2 fully saturated rings. The van der Waals surface area contributed by atoms with Gasteiger partial charge in [-0.1, -0.05) is 29.4 Å². The van der Waals surface area contributed by atoms with Gasteiger partial charge in [0, 0.05) is 51.9 Å². The van der Waals surface area contributed by atoms with Crippen LogP contribution in [0.5, 0.6) is 11.5 Å². The lowest BCUT2D eigenvalue weighted by Crippen LogP contribution is -2.48. The van der Waals surface area contributed by atoms with Crippen molar-refractivity contribution in [3.8, 4) is 11.5 Å². The van der Waals surface area contributed by atoms with Crippen LogP contribution in [0.3, 0.4) is 0 Å². The number of carbonyl (C=O) groups is 1. The molecule has 11 heteroatoms. The van der Waals surface area contributed by atoms with Gasteiger partial charge < -0.3 is 24.0 Å². The van der Waals surface area contributed by atoms with Crippen molar-refractivity contribution in [3.63, 3.8) is 0 Å². The largest absolute Gasteiger partial charge is 0.454 e. The molecule has 0 N–H and O–H groups in total. The second-order valence-electron chi connectivity index (χ2n) is 8.06. The number of aromatic nitrogens is 2. The Kier molecular flexibility index (Phi) is 7.05. The van der Waals surface area contributed by atoms with Crippen LogP contribution in [0.1, 0.15) is 5.56 Å². The third-order valence-corrected chi connectivity index (χ3v) is 6.91. The molecular formula is C22H26ClN5O4S. The zero-order chi connectivity index (χ0) is 22.6. The van der Waals surface area contributed by atoms with E-state index >= 15 is 0 Å². The summed E-state index contributed by atoms with van der Waals surface area (Å²) in [5, 5.41) is 0.914. The number of ether oxygens (including phenoxy) is 3. The van der Waals surface area contributed by atoms with Crippen LogP contribution in [0.4, 0.5) is 5.82 Å². The van der Waals surface area contributed by atoms with E-state index in [-0.39, 0.29) is 12.7 Å². The number of nitrogens with zero attached hydrogens (tertiary/aromatic N) is 5. The van der Waals surface area contributed by atoms with Crippen molar-refractivity contribution in [1.82, 2.24) is 19.8 Å². The minimum absolute atomic E-state index is 0.0965. The Labute approximate surface area is 201 Å². The highest BCUT2D eigenvalue weighted by Gasteiger charge is 2.23. The van der Waals surface area contributed by atoms with Gasteiger partial charge in [-0.05, 0) is 17.7 Å². The highest BCUT2D eigenvalue weighted by Crippen LogP contribution is 2.33. The first kappa shape index (κ1) is 22.5. The molecule has 0 spiro atoms. The van der Waals surface area contributed by atoms with Gasteiger partial charge in [0.25, 0.3) is 0 Å². The maximum absolute atomic E-state index is 12.8. The van der Waals surface area contributed by atoms with E-state index in [1.807, 2.05) is 17.0 Å². The number of morpholine rings is 1. The van der Waals surface area contributed by atoms with Gasteiger partial charge in [-0.2, -0.15) is 0 Å². The molecule has 1 aromatic heterocycles. The molecule has 3 aliphatic rings. The summed E-state index contributed by atoms with van der Waals surface area (Å²) < 4.78 is 16.2. The van der Waals surface area contributed by atoms with Crippen LogP contribution >= 0.6 is 23.4 Å². The zero-order valence-electron chi connectivity index (χ0n) is 18.2. The first-order valence-corrected chi connectivity index (χ1v) is 12.4. The SMILES string of the molecule is O=C(CSc1nc(Cl)cc(N2CCOCC2)n1)N1CCN(Cc2ccc3c(c2)OCO3)CC1. The van der Waals surface area contributed by atoms with Crippen LogP contribution in [0, 0.1) is 0 Å². The molecule has 0 bridgehead atoms. The molecule has 0 radical (unpaired) electrons. The van der Waals surface area contributed by atoms with Crippen LogP contribution < -0.4 is 14.4 Å². The standard InChI is InChI=1S/C22H26ClN5O4S/c23-19-12-20(27-7-9-30-10-8-27)25-22(24-19)33-14-21(29)28-5-3-26(4-6-28)13-16-1-2-17-18(11-16)32-15-31-17/h1-2,11-12H,3-10,13-15H2. The van der Waals surface area contributed by atoms with Crippen LogP contribution in [0.15, 0.2) is 29.4 Å². The number of halogens is 1. The van der Waals surface area contributed by atoms with Gasteiger partial charge in [-0.25, -0.2) is 9.97 Å². The van der Waals surface area contributed by atoms with Crippen molar-refractivity contribution in [1.29, 1.82) is 0 Å². The molecule has 2 saturated heterocycles. The smallest absolute Gasteiger partial charge is 0.233 e. The first-order valence-electron chi connectivity index (χ1n) is 11.0. The van der Waals surface area contributed by atoms with Crippen LogP contribution in [0.2, 0.25) is 5.15 Å². The van der Waals surface area contributed by atoms with Gasteiger partial charge in [0.05, 0.1) is 19.0 Å². The van der Waals surface area contributed by atoms with Crippen molar-refractivity contribution in [3.05, 3.63) is 35.0 Å². The second kappa shape index (κ2) is 10.3. The molecule has 2 aromatic rings. The maximum Gasteiger partial charge on any atom is 0.233 e. The Balaban J connectivity index is 1.10. The highest BCUT2D eigenvalue weighted by atomic mass is 35.5. The molecule has 0 aliphatic carbocycles. The van der Waals surface area contributed by atoms with E-state index in [0.29, 0.717) is 42.4 Å². The van der Waals surface area contributed by atoms with Crippen LogP contribution in [-0.2, 0) is 16.1 Å². The molecule has 0 atom stereocenters. The predicted octanol–water partition coefficient (Wildman–Crippen LogP) is 2.13. The number of hydrogen-bond donors (Lipinski definition) is 0. The number of thioether (sulfide) groups is 1. The molecule has 0 saturated carbocycles. The number of benzene rings is 1. The molecule has 176 valence electrons. The third-order valence-electron chi connectivity index (χ3n) is 5.89. The molecule has 3 aliphatic heterocycles. The topological polar surface area (TPSA) is 80.3 Å². The third kappa shape index (κ3) is 5.63. The zero-order valence-corrected chi connectivity index (χ0v) is 19.8. The fourth-order valence-electron chi connectivity index (χ4n) is 4.07. The van der Waals surface area contributed by atoms with Gasteiger partial charge in [-0.15, -0.1) is 0 Å². The highest BCUT2D eigenvalue weighted by molar-refractivity contribution is 7.99. The van der Waals surface area contributed by atoms with Crippen molar-refractivity contribution >= 4 is 35.1 Å². The Bertz CT molecular complexity index is 999. The molecule has 0 unspecified atom stereocenters. The van der Waals surface area contributed by atoms with Crippen molar-refractivity contribution in [2.75, 3.05) is 69.9 Å². The molecule has 5 rings (SSSR count). The average Bonchev–Trinajstić information content (AvgIpc) is 3.31. The molecule has 4 heterocycles. The summed E-state index contributed by atoms with van der Waals surface area (Å²) >= 11 is 7.54.